The predicted molar refractivity (Wildman–Crippen MR) is 47.6 cm³/mol. The second-order valence-electron chi connectivity index (χ2n) is 2.15. The Bertz CT molecular complexity index is 283. The molecule has 4 heteroatoms. The van der Waals surface area contributed by atoms with Crippen molar-refractivity contribution in [3.8, 4) is 0 Å². The molecule has 2 N–H and O–H groups in total. The normalized spacial score (nSPS) is 10.7. The molecule has 0 aliphatic carbocycles. The fourth-order valence-corrected chi connectivity index (χ4v) is 1.00. The van der Waals surface area contributed by atoms with Crippen LogP contribution in [0.3, 0.4) is 0 Å². The van der Waals surface area contributed by atoms with E-state index < -0.39 is 0 Å². The summed E-state index contributed by atoms with van der Waals surface area (Å²) >= 11 is 3.38. The van der Waals surface area contributed by atoms with Crippen LogP contribution in [0.4, 0.5) is 5.69 Å². The zero-order valence-corrected chi connectivity index (χ0v) is 7.67. The third kappa shape index (κ3) is 2.01. The first-order valence-corrected chi connectivity index (χ1v) is 3.90. The fourth-order valence-electron chi connectivity index (χ4n) is 0.758. The minimum atomic E-state index is 0.771. The first kappa shape index (κ1) is 8.20. The summed E-state index contributed by atoms with van der Waals surface area (Å²) in [6, 6.07) is 5.66. The number of halogens is 1. The number of aryl methyl sites for hydroxylation is 1. The van der Waals surface area contributed by atoms with E-state index >= 15 is 0 Å². The molecule has 0 amide bonds. The van der Waals surface area contributed by atoms with Crippen LogP contribution in [0.15, 0.2) is 33.0 Å². The molecule has 1 aromatic carbocycles. The zero-order valence-electron chi connectivity index (χ0n) is 6.08. The van der Waals surface area contributed by atoms with Crippen LogP contribution < -0.4 is 5.84 Å². The van der Waals surface area contributed by atoms with Crippen LogP contribution >= 0.6 is 15.9 Å². The number of nitrogens with two attached hydrogens (primary N) is 1. The summed E-state index contributed by atoms with van der Waals surface area (Å²) < 4.78 is 1.06. The Balaban J connectivity index is 3.05. The van der Waals surface area contributed by atoms with Gasteiger partial charge in [-0.15, -0.1) is 5.11 Å². The Morgan fingerprint density at radius 2 is 2.18 bits per heavy atom. The standard InChI is InChI=1S/C7H8BrN3/c1-5-4-6(10-11-9)2-3-7(5)8/h2-4H,1H3,(H2,9,10). The van der Waals surface area contributed by atoms with Gasteiger partial charge in [0.05, 0.1) is 5.69 Å². The fraction of sp³-hybridized carbons (Fsp3) is 0.143. The summed E-state index contributed by atoms with van der Waals surface area (Å²) in [7, 11) is 0. The molecule has 0 bridgehead atoms. The van der Waals surface area contributed by atoms with Gasteiger partial charge in [0.25, 0.3) is 0 Å². The molecule has 0 radical (unpaired) electrons. The summed E-state index contributed by atoms with van der Waals surface area (Å²) in [6.07, 6.45) is 0. The monoisotopic (exact) mass is 213 g/mol. The second kappa shape index (κ2) is 3.48. The van der Waals surface area contributed by atoms with Gasteiger partial charge in [-0.1, -0.05) is 21.2 Å². The van der Waals surface area contributed by atoms with Crippen LogP contribution in [0.2, 0.25) is 0 Å². The van der Waals surface area contributed by atoms with Crippen LogP contribution in [-0.4, -0.2) is 0 Å². The average Bonchev–Trinajstić information content (AvgIpc) is 1.98. The molecule has 0 saturated heterocycles. The van der Waals surface area contributed by atoms with Gasteiger partial charge in [0.15, 0.2) is 0 Å². The quantitative estimate of drug-likeness (QED) is 0.436. The van der Waals surface area contributed by atoms with Crippen LogP contribution in [0.1, 0.15) is 5.56 Å². The smallest absolute Gasteiger partial charge is 0.0877 e. The third-order valence-corrected chi connectivity index (χ3v) is 2.20. The van der Waals surface area contributed by atoms with E-state index in [9.17, 15) is 0 Å². The van der Waals surface area contributed by atoms with Crippen molar-refractivity contribution >= 4 is 21.6 Å². The number of hydrogen-bond donors (Lipinski definition) is 1. The topological polar surface area (TPSA) is 50.7 Å². The molecule has 0 aliphatic rings. The summed E-state index contributed by atoms with van der Waals surface area (Å²) in [5.41, 5.74) is 1.89. The number of benzene rings is 1. The summed E-state index contributed by atoms with van der Waals surface area (Å²) in [5, 5.41) is 6.88. The molecule has 1 rings (SSSR count). The molecular weight excluding hydrogens is 206 g/mol. The summed E-state index contributed by atoms with van der Waals surface area (Å²) in [5.74, 6) is 4.90. The first-order chi connectivity index (χ1) is 5.24. The van der Waals surface area contributed by atoms with E-state index in [1.807, 2.05) is 25.1 Å². The first-order valence-electron chi connectivity index (χ1n) is 3.11. The van der Waals surface area contributed by atoms with Gasteiger partial charge in [0.1, 0.15) is 0 Å². The zero-order chi connectivity index (χ0) is 8.27. The molecular formula is C7H8BrN3. The Hall–Kier alpha value is -0.900. The molecule has 11 heavy (non-hydrogen) atoms. The van der Waals surface area contributed by atoms with Crippen molar-refractivity contribution in [3.05, 3.63) is 28.2 Å². The van der Waals surface area contributed by atoms with Crippen molar-refractivity contribution in [2.24, 2.45) is 16.2 Å². The molecule has 0 aromatic heterocycles. The predicted octanol–water partition coefficient (Wildman–Crippen LogP) is 2.71. The van der Waals surface area contributed by atoms with Crippen LogP contribution in [0.5, 0.6) is 0 Å². The lowest BCUT2D eigenvalue weighted by Gasteiger charge is -1.96. The van der Waals surface area contributed by atoms with Gasteiger partial charge in [-0.2, -0.15) is 0 Å². The van der Waals surface area contributed by atoms with E-state index in [-0.39, 0.29) is 0 Å². The van der Waals surface area contributed by atoms with E-state index in [0.29, 0.717) is 0 Å². The van der Waals surface area contributed by atoms with Gasteiger partial charge in [0, 0.05) is 4.47 Å². The van der Waals surface area contributed by atoms with E-state index in [0.717, 1.165) is 15.7 Å². The van der Waals surface area contributed by atoms with E-state index in [4.69, 9.17) is 5.84 Å². The number of rotatable bonds is 1. The van der Waals surface area contributed by atoms with E-state index in [1.54, 1.807) is 0 Å². The van der Waals surface area contributed by atoms with Gasteiger partial charge < -0.3 is 5.84 Å². The van der Waals surface area contributed by atoms with Crippen LogP contribution in [-0.2, 0) is 0 Å². The summed E-state index contributed by atoms with van der Waals surface area (Å²) in [4.78, 5) is 0. The highest BCUT2D eigenvalue weighted by atomic mass is 79.9. The molecule has 0 fully saturated rings. The van der Waals surface area contributed by atoms with Crippen molar-refractivity contribution in [1.82, 2.24) is 0 Å². The SMILES string of the molecule is Cc1cc(N=NN)ccc1Br. The molecule has 0 aliphatic heterocycles. The summed E-state index contributed by atoms with van der Waals surface area (Å²) in [6.45, 7) is 1.99. The van der Waals surface area contributed by atoms with E-state index in [1.165, 1.54) is 0 Å². The Labute approximate surface area is 73.4 Å². The Kier molecular flexibility index (Phi) is 2.59. The van der Waals surface area contributed by atoms with E-state index in [2.05, 4.69) is 26.3 Å². The lowest BCUT2D eigenvalue weighted by molar-refractivity contribution is 1.06. The van der Waals surface area contributed by atoms with Crippen molar-refractivity contribution in [2.45, 2.75) is 6.92 Å². The van der Waals surface area contributed by atoms with Crippen molar-refractivity contribution in [3.63, 3.8) is 0 Å². The van der Waals surface area contributed by atoms with Crippen molar-refractivity contribution in [1.29, 1.82) is 0 Å². The van der Waals surface area contributed by atoms with Gasteiger partial charge in [-0.25, -0.2) is 0 Å². The van der Waals surface area contributed by atoms with Crippen LogP contribution in [0, 0.1) is 6.92 Å². The molecule has 0 unspecified atom stereocenters. The average molecular weight is 214 g/mol. The second-order valence-corrected chi connectivity index (χ2v) is 3.00. The molecule has 0 heterocycles. The maximum absolute atomic E-state index is 4.90. The highest BCUT2D eigenvalue weighted by Gasteiger charge is 1.94. The lowest BCUT2D eigenvalue weighted by Crippen LogP contribution is -1.76. The molecule has 0 atom stereocenters. The minimum absolute atomic E-state index is 0.771. The van der Waals surface area contributed by atoms with Gasteiger partial charge in [-0.05, 0) is 30.7 Å². The molecule has 1 aromatic rings. The highest BCUT2D eigenvalue weighted by molar-refractivity contribution is 9.10. The molecule has 0 spiro atoms. The van der Waals surface area contributed by atoms with Crippen molar-refractivity contribution in [2.75, 3.05) is 0 Å². The van der Waals surface area contributed by atoms with Gasteiger partial charge >= 0.3 is 0 Å². The number of nitrogens with zero attached hydrogens (tertiary/aromatic N) is 2. The van der Waals surface area contributed by atoms with Crippen LogP contribution in [0.25, 0.3) is 0 Å². The van der Waals surface area contributed by atoms with Crippen molar-refractivity contribution < 1.29 is 0 Å². The highest BCUT2D eigenvalue weighted by Crippen LogP contribution is 2.21. The largest absolute Gasteiger partial charge is 0.305 e. The minimum Gasteiger partial charge on any atom is -0.305 e. The molecule has 3 nitrogen and oxygen atoms in total. The Morgan fingerprint density at radius 1 is 1.45 bits per heavy atom. The lowest BCUT2D eigenvalue weighted by atomic mass is 10.2. The molecule has 58 valence electrons. The maximum Gasteiger partial charge on any atom is 0.0877 e. The van der Waals surface area contributed by atoms with Gasteiger partial charge in [0.2, 0.25) is 0 Å². The third-order valence-electron chi connectivity index (χ3n) is 1.31. The molecule has 0 saturated carbocycles. The Morgan fingerprint density at radius 3 is 2.73 bits per heavy atom. The van der Waals surface area contributed by atoms with Gasteiger partial charge in [-0.3, -0.25) is 0 Å². The maximum atomic E-state index is 4.90. The number of hydrogen-bond acceptors (Lipinski definition) is 2.